The molecule has 20 heavy (non-hydrogen) atoms. The fraction of sp³-hybridized carbons (Fsp3) is 0.429. The third-order valence-electron chi connectivity index (χ3n) is 3.25. The normalized spacial score (nSPS) is 17.8. The van der Waals surface area contributed by atoms with Crippen molar-refractivity contribution in [3.8, 4) is 0 Å². The van der Waals surface area contributed by atoms with Crippen molar-refractivity contribution in [1.82, 2.24) is 5.32 Å². The van der Waals surface area contributed by atoms with Gasteiger partial charge in [0.05, 0.1) is 11.7 Å². The molecule has 0 aromatic heterocycles. The van der Waals surface area contributed by atoms with Crippen LogP contribution in [0.4, 0.5) is 10.5 Å². The number of amides is 2. The van der Waals surface area contributed by atoms with E-state index < -0.39 is 5.97 Å². The first-order chi connectivity index (χ1) is 9.56. The van der Waals surface area contributed by atoms with Gasteiger partial charge in [-0.3, -0.25) is 0 Å². The average Bonchev–Trinajstić information content (AvgIpc) is 2.92. The summed E-state index contributed by atoms with van der Waals surface area (Å²) in [5.41, 5.74) is 1.45. The maximum atomic E-state index is 11.8. The molecule has 6 heteroatoms. The second-order valence-electron chi connectivity index (χ2n) is 4.80. The van der Waals surface area contributed by atoms with Crippen LogP contribution in [0.1, 0.15) is 28.8 Å². The number of aryl methyl sites for hydroxylation is 1. The predicted molar refractivity (Wildman–Crippen MR) is 74.1 cm³/mol. The number of rotatable bonds is 4. The molecule has 1 aromatic carbocycles. The Morgan fingerprint density at radius 3 is 2.90 bits per heavy atom. The second kappa shape index (κ2) is 6.38. The van der Waals surface area contributed by atoms with Crippen molar-refractivity contribution in [2.45, 2.75) is 25.9 Å². The number of benzene rings is 1. The minimum absolute atomic E-state index is 0.0761. The predicted octanol–water partition coefficient (Wildman–Crippen LogP) is 1.99. The Balaban J connectivity index is 1.92. The summed E-state index contributed by atoms with van der Waals surface area (Å²) in [5, 5.41) is 14.3. The second-order valence-corrected chi connectivity index (χ2v) is 4.80. The molecule has 1 atom stereocenters. The number of hydrogen-bond donors (Lipinski definition) is 3. The van der Waals surface area contributed by atoms with Crippen LogP contribution < -0.4 is 10.6 Å². The number of carboxylic acids is 1. The van der Waals surface area contributed by atoms with Crippen molar-refractivity contribution >= 4 is 17.7 Å². The number of ether oxygens (including phenoxy) is 1. The molecule has 0 saturated carbocycles. The molecule has 2 rings (SSSR count). The van der Waals surface area contributed by atoms with Gasteiger partial charge in [-0.05, 0) is 37.5 Å². The molecule has 2 amide bonds. The van der Waals surface area contributed by atoms with Gasteiger partial charge < -0.3 is 20.5 Å². The monoisotopic (exact) mass is 278 g/mol. The maximum Gasteiger partial charge on any atom is 0.335 e. The molecule has 0 bridgehead atoms. The molecule has 0 radical (unpaired) electrons. The standard InChI is InChI=1S/C14H18N2O4/c1-9-4-5-10(13(17)18)7-12(9)16-14(19)15-8-11-3-2-6-20-11/h4-5,7,11H,2-3,6,8H2,1H3,(H,17,18)(H2,15,16,19). The molecule has 1 heterocycles. The summed E-state index contributed by atoms with van der Waals surface area (Å²) in [6.07, 6.45) is 2.05. The zero-order valence-corrected chi connectivity index (χ0v) is 11.3. The van der Waals surface area contributed by atoms with Gasteiger partial charge in [0.15, 0.2) is 0 Å². The number of urea groups is 1. The van der Waals surface area contributed by atoms with Crippen LogP contribution in [0, 0.1) is 6.92 Å². The molecule has 1 saturated heterocycles. The lowest BCUT2D eigenvalue weighted by molar-refractivity contribution is 0.0697. The van der Waals surface area contributed by atoms with Gasteiger partial charge in [0, 0.05) is 18.8 Å². The largest absolute Gasteiger partial charge is 0.478 e. The SMILES string of the molecule is Cc1ccc(C(=O)O)cc1NC(=O)NCC1CCCO1. The Bertz CT molecular complexity index is 510. The molecule has 3 N–H and O–H groups in total. The highest BCUT2D eigenvalue weighted by atomic mass is 16.5. The van der Waals surface area contributed by atoms with Crippen molar-refractivity contribution in [2.24, 2.45) is 0 Å². The van der Waals surface area contributed by atoms with Crippen molar-refractivity contribution in [1.29, 1.82) is 0 Å². The third-order valence-corrected chi connectivity index (χ3v) is 3.25. The van der Waals surface area contributed by atoms with Crippen LogP contribution in [0.15, 0.2) is 18.2 Å². The first-order valence-electron chi connectivity index (χ1n) is 6.56. The van der Waals surface area contributed by atoms with Crippen molar-refractivity contribution in [2.75, 3.05) is 18.5 Å². The number of aromatic carboxylic acids is 1. The van der Waals surface area contributed by atoms with E-state index in [0.29, 0.717) is 12.2 Å². The quantitative estimate of drug-likeness (QED) is 0.786. The number of hydrogen-bond acceptors (Lipinski definition) is 3. The lowest BCUT2D eigenvalue weighted by atomic mass is 10.1. The molecule has 108 valence electrons. The summed E-state index contributed by atoms with van der Waals surface area (Å²) in [6.45, 7) is 3.01. The van der Waals surface area contributed by atoms with Gasteiger partial charge in [-0.25, -0.2) is 9.59 Å². The number of carboxylic acid groups (broad SMARTS) is 1. The Kier molecular flexibility index (Phi) is 4.57. The zero-order valence-electron chi connectivity index (χ0n) is 11.3. The van der Waals surface area contributed by atoms with Crippen molar-refractivity contribution in [3.05, 3.63) is 29.3 Å². The molecule has 1 aliphatic rings. The van der Waals surface area contributed by atoms with E-state index in [1.165, 1.54) is 12.1 Å². The molecular formula is C14H18N2O4. The van der Waals surface area contributed by atoms with Gasteiger partial charge in [0.1, 0.15) is 0 Å². The Morgan fingerprint density at radius 1 is 1.45 bits per heavy atom. The average molecular weight is 278 g/mol. The first kappa shape index (κ1) is 14.3. The minimum Gasteiger partial charge on any atom is -0.478 e. The van der Waals surface area contributed by atoms with Gasteiger partial charge in [-0.1, -0.05) is 6.07 Å². The van der Waals surface area contributed by atoms with E-state index in [1.54, 1.807) is 13.0 Å². The fourth-order valence-electron chi connectivity index (χ4n) is 2.07. The van der Waals surface area contributed by atoms with Crippen LogP contribution in [-0.2, 0) is 4.74 Å². The number of carbonyl (C=O) groups excluding carboxylic acids is 1. The summed E-state index contributed by atoms with van der Waals surface area (Å²) in [5.74, 6) is -1.02. The Labute approximate surface area is 117 Å². The van der Waals surface area contributed by atoms with E-state index >= 15 is 0 Å². The Hall–Kier alpha value is -2.08. The molecule has 1 fully saturated rings. The fourth-order valence-corrected chi connectivity index (χ4v) is 2.07. The number of carbonyl (C=O) groups is 2. The molecule has 1 aliphatic heterocycles. The van der Waals surface area contributed by atoms with E-state index in [2.05, 4.69) is 10.6 Å². The zero-order chi connectivity index (χ0) is 14.5. The molecule has 6 nitrogen and oxygen atoms in total. The molecule has 0 aliphatic carbocycles. The van der Waals surface area contributed by atoms with Gasteiger partial charge in [0.25, 0.3) is 0 Å². The van der Waals surface area contributed by atoms with E-state index in [4.69, 9.17) is 9.84 Å². The molecule has 0 spiro atoms. The van der Waals surface area contributed by atoms with Crippen molar-refractivity contribution < 1.29 is 19.4 Å². The van der Waals surface area contributed by atoms with Crippen LogP contribution in [0.5, 0.6) is 0 Å². The van der Waals surface area contributed by atoms with Crippen LogP contribution in [0.3, 0.4) is 0 Å². The summed E-state index contributed by atoms with van der Waals surface area (Å²) < 4.78 is 5.41. The van der Waals surface area contributed by atoms with E-state index in [9.17, 15) is 9.59 Å². The van der Waals surface area contributed by atoms with Crippen molar-refractivity contribution in [3.63, 3.8) is 0 Å². The lowest BCUT2D eigenvalue weighted by Gasteiger charge is -2.13. The van der Waals surface area contributed by atoms with Gasteiger partial charge in [-0.15, -0.1) is 0 Å². The topological polar surface area (TPSA) is 87.7 Å². The smallest absolute Gasteiger partial charge is 0.335 e. The van der Waals surface area contributed by atoms with E-state index in [1.807, 2.05) is 0 Å². The van der Waals surface area contributed by atoms with E-state index in [0.717, 1.165) is 25.0 Å². The highest BCUT2D eigenvalue weighted by Crippen LogP contribution is 2.17. The van der Waals surface area contributed by atoms with Crippen LogP contribution in [-0.4, -0.2) is 36.4 Å². The lowest BCUT2D eigenvalue weighted by Crippen LogP contribution is -2.35. The number of nitrogens with one attached hydrogen (secondary N) is 2. The highest BCUT2D eigenvalue weighted by molar-refractivity contribution is 5.93. The van der Waals surface area contributed by atoms with Crippen LogP contribution >= 0.6 is 0 Å². The first-order valence-corrected chi connectivity index (χ1v) is 6.56. The third kappa shape index (κ3) is 3.71. The Morgan fingerprint density at radius 2 is 2.25 bits per heavy atom. The molecule has 1 unspecified atom stereocenters. The van der Waals surface area contributed by atoms with Crippen LogP contribution in [0.25, 0.3) is 0 Å². The molecule has 1 aromatic rings. The van der Waals surface area contributed by atoms with E-state index in [-0.39, 0.29) is 17.7 Å². The minimum atomic E-state index is -1.02. The maximum absolute atomic E-state index is 11.8. The molecular weight excluding hydrogens is 260 g/mol. The summed E-state index contributed by atoms with van der Waals surface area (Å²) in [4.78, 5) is 22.7. The highest BCUT2D eigenvalue weighted by Gasteiger charge is 2.16. The number of anilines is 1. The van der Waals surface area contributed by atoms with Gasteiger partial charge >= 0.3 is 12.0 Å². The summed E-state index contributed by atoms with van der Waals surface area (Å²) in [6, 6.07) is 4.27. The van der Waals surface area contributed by atoms with Crippen LogP contribution in [0.2, 0.25) is 0 Å². The van der Waals surface area contributed by atoms with Gasteiger partial charge in [-0.2, -0.15) is 0 Å². The summed E-state index contributed by atoms with van der Waals surface area (Å²) >= 11 is 0. The van der Waals surface area contributed by atoms with Gasteiger partial charge in [0.2, 0.25) is 0 Å². The summed E-state index contributed by atoms with van der Waals surface area (Å²) in [7, 11) is 0.